The van der Waals surface area contributed by atoms with Crippen molar-refractivity contribution in [1.29, 1.82) is 0 Å². The van der Waals surface area contributed by atoms with Gasteiger partial charge in [-0.15, -0.1) is 12.6 Å². The number of carbonyl (C=O) groups excluding carboxylic acids is 1. The van der Waals surface area contributed by atoms with E-state index in [0.717, 1.165) is 12.5 Å². The smallest absolute Gasteiger partial charge is 0.377 e. The first kappa shape index (κ1) is 21.4. The zero-order chi connectivity index (χ0) is 15.0. The molecule has 0 saturated heterocycles. The molecule has 0 aliphatic heterocycles. The van der Waals surface area contributed by atoms with Crippen molar-refractivity contribution in [3.63, 3.8) is 0 Å². The summed E-state index contributed by atoms with van der Waals surface area (Å²) in [6, 6.07) is 0.935. The van der Waals surface area contributed by atoms with Crippen LogP contribution in [-0.4, -0.2) is 35.8 Å². The molecule has 19 heavy (non-hydrogen) atoms. The minimum Gasteiger partial charge on any atom is -0.377 e. The quantitative estimate of drug-likeness (QED) is 0.273. The minimum atomic E-state index is -2.29. The summed E-state index contributed by atoms with van der Waals surface area (Å²) in [6.07, 6.45) is 9.14. The summed E-state index contributed by atoms with van der Waals surface area (Å²) in [5.41, 5.74) is 0.444. The Balaban J connectivity index is 0. The van der Waals surface area contributed by atoms with E-state index in [9.17, 15) is 0 Å². The maximum atomic E-state index is 8.67. The Morgan fingerprint density at radius 2 is 1.26 bits per heavy atom. The zero-order valence-corrected chi connectivity index (χ0v) is 14.7. The molecule has 6 heteroatoms. The molecular weight excluding hydrogens is 280 g/mol. The molecule has 116 valence electrons. The molecule has 0 saturated carbocycles. The van der Waals surface area contributed by atoms with E-state index < -0.39 is 8.80 Å². The van der Waals surface area contributed by atoms with Crippen LogP contribution in [0.4, 0.5) is 0 Å². The lowest BCUT2D eigenvalue weighted by atomic mass is 10.1. The lowest BCUT2D eigenvalue weighted by Gasteiger charge is -2.24. The summed E-state index contributed by atoms with van der Waals surface area (Å²) in [5.74, 6) is 0. The normalized spacial score (nSPS) is 10.8. The Morgan fingerprint density at radius 3 is 1.63 bits per heavy atom. The lowest BCUT2D eigenvalue weighted by Crippen LogP contribution is -2.42. The second kappa shape index (κ2) is 16.2. The Morgan fingerprint density at radius 1 is 0.895 bits per heavy atom. The van der Waals surface area contributed by atoms with Crippen LogP contribution in [0.25, 0.3) is 0 Å². The van der Waals surface area contributed by atoms with Crippen LogP contribution in [0.5, 0.6) is 0 Å². The van der Waals surface area contributed by atoms with Gasteiger partial charge in [-0.2, -0.15) is 0 Å². The molecule has 4 nitrogen and oxygen atoms in total. The third-order valence-corrected chi connectivity index (χ3v) is 5.85. The Labute approximate surface area is 125 Å². The molecular formula is C13H30O4SSi. The van der Waals surface area contributed by atoms with Gasteiger partial charge in [0.2, 0.25) is 0 Å². The molecule has 0 atom stereocenters. The largest absolute Gasteiger partial charge is 0.500 e. The summed E-state index contributed by atoms with van der Waals surface area (Å²) in [4.78, 5) is 8.67. The summed E-state index contributed by atoms with van der Waals surface area (Å²) < 4.78 is 16.1. The molecule has 0 amide bonds. The maximum absolute atomic E-state index is 8.67. The fourth-order valence-electron chi connectivity index (χ4n) is 1.85. The first-order chi connectivity index (χ1) is 9.16. The van der Waals surface area contributed by atoms with Crippen LogP contribution in [0.3, 0.4) is 0 Å². The molecule has 0 aromatic carbocycles. The number of rotatable bonds is 11. The second-order valence-corrected chi connectivity index (χ2v) is 7.57. The van der Waals surface area contributed by atoms with Crippen molar-refractivity contribution in [2.45, 2.75) is 57.9 Å². The molecule has 0 unspecified atom stereocenters. The molecule has 0 aliphatic carbocycles. The highest BCUT2D eigenvalue weighted by Crippen LogP contribution is 2.18. The van der Waals surface area contributed by atoms with Gasteiger partial charge in [-0.1, -0.05) is 45.4 Å². The van der Waals surface area contributed by atoms with Gasteiger partial charge in [0.25, 0.3) is 0 Å². The van der Waals surface area contributed by atoms with Crippen LogP contribution in [0.15, 0.2) is 0 Å². The number of hydrogen-bond donors (Lipinski definition) is 1. The van der Waals surface area contributed by atoms with Gasteiger partial charge in [-0.05, 0) is 6.42 Å². The molecule has 0 aromatic heterocycles. The van der Waals surface area contributed by atoms with Crippen LogP contribution in [-0.2, 0) is 18.1 Å². The molecule has 0 aliphatic rings. The predicted octanol–water partition coefficient (Wildman–Crippen LogP) is 3.72. The highest BCUT2D eigenvalue weighted by Gasteiger charge is 2.36. The van der Waals surface area contributed by atoms with Gasteiger partial charge >= 0.3 is 8.80 Å². The predicted molar refractivity (Wildman–Crippen MR) is 85.3 cm³/mol. The fourth-order valence-corrected chi connectivity index (χ4v) is 3.65. The van der Waals surface area contributed by atoms with Gasteiger partial charge in [-0.3, -0.25) is 4.79 Å². The fraction of sp³-hybridized carbons (Fsp3) is 0.923. The molecule has 0 rings (SSSR count). The molecule has 0 spiro atoms. The number of carbonyl (C=O) groups is 1. The van der Waals surface area contributed by atoms with Crippen molar-refractivity contribution in [3.05, 3.63) is 0 Å². The van der Waals surface area contributed by atoms with Gasteiger partial charge in [0.05, 0.1) is 0 Å². The van der Waals surface area contributed by atoms with Gasteiger partial charge in [0.15, 0.2) is 5.62 Å². The number of hydrogen-bond acceptors (Lipinski definition) is 4. The maximum Gasteiger partial charge on any atom is 0.500 e. The van der Waals surface area contributed by atoms with E-state index >= 15 is 0 Å². The van der Waals surface area contributed by atoms with Crippen molar-refractivity contribution in [2.75, 3.05) is 21.3 Å². The molecule has 0 heterocycles. The van der Waals surface area contributed by atoms with Crippen molar-refractivity contribution < 1.29 is 18.1 Å². The van der Waals surface area contributed by atoms with E-state index in [4.69, 9.17) is 18.1 Å². The monoisotopic (exact) mass is 310 g/mol. The first-order valence-corrected chi connectivity index (χ1v) is 9.34. The van der Waals surface area contributed by atoms with Gasteiger partial charge in [0, 0.05) is 27.4 Å². The standard InChI is InChI=1S/C12H28O3Si.CH2OS/c1-5-6-7-8-9-10-11-12-16(13-2,14-3)15-4;2-1-3/h5-12H2,1-4H3;1H,(H,2,3). The van der Waals surface area contributed by atoms with Crippen molar-refractivity contribution in [1.82, 2.24) is 0 Å². The lowest BCUT2D eigenvalue weighted by molar-refractivity contribution is 0.122. The van der Waals surface area contributed by atoms with Crippen molar-refractivity contribution in [3.8, 4) is 0 Å². The molecule has 0 N–H and O–H groups in total. The van der Waals surface area contributed by atoms with Gasteiger partial charge < -0.3 is 13.3 Å². The average molecular weight is 311 g/mol. The van der Waals surface area contributed by atoms with Gasteiger partial charge in [0.1, 0.15) is 0 Å². The SMILES string of the molecule is CCCCCCCCC[Si](OC)(OC)OC.O=CS. The number of thiol groups is 1. The number of unbranched alkanes of at least 4 members (excludes halogenated alkanes) is 6. The third kappa shape index (κ3) is 12.9. The van der Waals surface area contributed by atoms with Crippen LogP contribution in [0, 0.1) is 0 Å². The van der Waals surface area contributed by atoms with E-state index in [1.807, 2.05) is 0 Å². The van der Waals surface area contributed by atoms with Crippen LogP contribution in [0.1, 0.15) is 51.9 Å². The van der Waals surface area contributed by atoms with E-state index in [-0.39, 0.29) is 0 Å². The van der Waals surface area contributed by atoms with Crippen LogP contribution in [0.2, 0.25) is 6.04 Å². The highest BCUT2D eigenvalue weighted by molar-refractivity contribution is 7.94. The van der Waals surface area contributed by atoms with E-state index in [0.29, 0.717) is 5.62 Å². The average Bonchev–Trinajstić information content (AvgIpc) is 2.44. The molecule has 0 fully saturated rings. The second-order valence-electron chi connectivity index (χ2n) is 4.27. The summed E-state index contributed by atoms with van der Waals surface area (Å²) in [7, 11) is 2.75. The van der Waals surface area contributed by atoms with Crippen LogP contribution < -0.4 is 0 Å². The minimum absolute atomic E-state index is 0.444. The Bertz CT molecular complexity index is 181. The zero-order valence-electron chi connectivity index (χ0n) is 12.8. The summed E-state index contributed by atoms with van der Waals surface area (Å²) >= 11 is 3.11. The van der Waals surface area contributed by atoms with E-state index in [1.54, 1.807) is 21.3 Å². The topological polar surface area (TPSA) is 44.8 Å². The van der Waals surface area contributed by atoms with Gasteiger partial charge in [-0.25, -0.2) is 0 Å². The molecule has 0 bridgehead atoms. The van der Waals surface area contributed by atoms with Crippen LogP contribution >= 0.6 is 12.6 Å². The molecule has 0 aromatic rings. The third-order valence-electron chi connectivity index (χ3n) is 3.02. The van der Waals surface area contributed by atoms with E-state index in [1.165, 1.54) is 38.5 Å². The van der Waals surface area contributed by atoms with Crippen molar-refractivity contribution >= 4 is 27.1 Å². The highest BCUT2D eigenvalue weighted by atomic mass is 32.1. The van der Waals surface area contributed by atoms with E-state index in [2.05, 4.69) is 19.6 Å². The summed E-state index contributed by atoms with van der Waals surface area (Å²) in [6.45, 7) is 2.25. The summed E-state index contributed by atoms with van der Waals surface area (Å²) in [5, 5.41) is 0. The molecule has 0 radical (unpaired) electrons. The van der Waals surface area contributed by atoms with Crippen molar-refractivity contribution in [2.24, 2.45) is 0 Å². The first-order valence-electron chi connectivity index (χ1n) is 6.89. The Hall–Kier alpha value is 0.117. The Kier molecular flexibility index (Phi) is 18.2.